The second-order valence-electron chi connectivity index (χ2n) is 3.48. The molecule has 11 heavy (non-hydrogen) atoms. The normalized spacial score (nSPS) is 31.6. The van der Waals surface area contributed by atoms with Crippen molar-refractivity contribution < 1.29 is 0 Å². The van der Waals surface area contributed by atoms with Gasteiger partial charge in [0.25, 0.3) is 0 Å². The minimum Gasteiger partial charge on any atom is -0.384 e. The molecule has 1 aliphatic carbocycles. The van der Waals surface area contributed by atoms with E-state index in [-0.39, 0.29) is 0 Å². The molecule has 2 unspecified atom stereocenters. The molecule has 2 atom stereocenters. The third-order valence-electron chi connectivity index (χ3n) is 2.74. The summed E-state index contributed by atoms with van der Waals surface area (Å²) in [5.41, 5.74) is 2.73. The topological polar surface area (TPSA) is 12.0 Å². The number of rotatable bonds is 0. The first-order valence-corrected chi connectivity index (χ1v) is 4.19. The molecule has 1 saturated carbocycles. The van der Waals surface area contributed by atoms with Gasteiger partial charge in [0.1, 0.15) is 0 Å². The molecule has 1 heteroatoms. The molecule has 1 N–H and O–H groups in total. The summed E-state index contributed by atoms with van der Waals surface area (Å²) in [6, 6.07) is 9.54. The number of hydrogen-bond donors (Lipinski definition) is 1. The summed E-state index contributed by atoms with van der Waals surface area (Å²) in [5, 5.41) is 3.42. The van der Waals surface area contributed by atoms with Crippen LogP contribution in [0.5, 0.6) is 0 Å². The van der Waals surface area contributed by atoms with Gasteiger partial charge >= 0.3 is 0 Å². The predicted octanol–water partition coefficient (Wildman–Crippen LogP) is 2.02. The van der Waals surface area contributed by atoms with E-state index in [2.05, 4.69) is 23.5 Å². The standard InChI is InChI=1S/C10H10N/c1-2-4-10-8(3-1)9-5-7(9)6-11-10/h1-2,4,7,9,11H,5-6H2. The van der Waals surface area contributed by atoms with Crippen LogP contribution in [0.1, 0.15) is 17.9 Å². The number of nitrogens with one attached hydrogen (secondary N) is 1. The van der Waals surface area contributed by atoms with Gasteiger partial charge in [-0.2, -0.15) is 0 Å². The molecule has 1 nitrogen and oxygen atoms in total. The van der Waals surface area contributed by atoms with E-state index in [0.717, 1.165) is 11.8 Å². The van der Waals surface area contributed by atoms with Crippen molar-refractivity contribution in [3.63, 3.8) is 0 Å². The Labute approximate surface area is 66.4 Å². The highest BCUT2D eigenvalue weighted by atomic mass is 14.9. The zero-order valence-corrected chi connectivity index (χ0v) is 6.30. The van der Waals surface area contributed by atoms with Crippen LogP contribution in [0.25, 0.3) is 0 Å². The van der Waals surface area contributed by atoms with E-state index in [0.29, 0.717) is 0 Å². The van der Waals surface area contributed by atoms with E-state index in [1.54, 1.807) is 0 Å². The zero-order valence-electron chi connectivity index (χ0n) is 6.30. The molecule has 1 aromatic carbocycles. The largest absolute Gasteiger partial charge is 0.384 e. The molecule has 0 saturated heterocycles. The van der Waals surface area contributed by atoms with Gasteiger partial charge in [0.2, 0.25) is 0 Å². The Morgan fingerprint density at radius 2 is 2.55 bits per heavy atom. The molecule has 0 amide bonds. The molecule has 1 heterocycles. The molecule has 0 spiro atoms. The first kappa shape index (κ1) is 5.64. The predicted molar refractivity (Wildman–Crippen MR) is 44.6 cm³/mol. The number of anilines is 1. The Hall–Kier alpha value is -0.980. The molecule has 1 aliphatic heterocycles. The Morgan fingerprint density at radius 3 is 3.55 bits per heavy atom. The molecule has 0 aromatic heterocycles. The summed E-state index contributed by atoms with van der Waals surface area (Å²) < 4.78 is 0. The average Bonchev–Trinajstić information content (AvgIpc) is 2.83. The highest BCUT2D eigenvalue weighted by Gasteiger charge is 2.41. The fourth-order valence-electron chi connectivity index (χ4n) is 1.98. The fraction of sp³-hybridized carbons (Fsp3) is 0.400. The zero-order chi connectivity index (χ0) is 7.26. The van der Waals surface area contributed by atoms with Crippen molar-refractivity contribution in [2.75, 3.05) is 11.9 Å². The van der Waals surface area contributed by atoms with Crippen molar-refractivity contribution in [2.24, 2.45) is 5.92 Å². The van der Waals surface area contributed by atoms with Gasteiger partial charge < -0.3 is 5.32 Å². The Bertz CT molecular complexity index is 293. The van der Waals surface area contributed by atoms with Crippen molar-refractivity contribution in [1.29, 1.82) is 0 Å². The minimum atomic E-state index is 0.840. The maximum atomic E-state index is 3.42. The lowest BCUT2D eigenvalue weighted by atomic mass is 10.0. The Kier molecular flexibility index (Phi) is 0.916. The van der Waals surface area contributed by atoms with E-state index < -0.39 is 0 Å². The van der Waals surface area contributed by atoms with Crippen LogP contribution in [-0.2, 0) is 0 Å². The van der Waals surface area contributed by atoms with E-state index in [4.69, 9.17) is 0 Å². The molecular formula is C10H10N. The molecule has 3 rings (SSSR count). The van der Waals surface area contributed by atoms with Gasteiger partial charge in [-0.05, 0) is 36.0 Å². The van der Waals surface area contributed by atoms with Gasteiger partial charge in [-0.1, -0.05) is 12.1 Å². The molecule has 1 fully saturated rings. The Morgan fingerprint density at radius 1 is 1.55 bits per heavy atom. The summed E-state index contributed by atoms with van der Waals surface area (Å²) in [6.45, 7) is 1.18. The summed E-state index contributed by atoms with van der Waals surface area (Å²) >= 11 is 0. The lowest BCUT2D eigenvalue weighted by Crippen LogP contribution is -2.11. The monoisotopic (exact) mass is 144 g/mol. The van der Waals surface area contributed by atoms with Crippen molar-refractivity contribution in [3.05, 3.63) is 29.8 Å². The van der Waals surface area contributed by atoms with Crippen LogP contribution in [-0.4, -0.2) is 6.54 Å². The second kappa shape index (κ2) is 1.79. The van der Waals surface area contributed by atoms with Crippen molar-refractivity contribution in [3.8, 4) is 0 Å². The average molecular weight is 144 g/mol. The van der Waals surface area contributed by atoms with Crippen molar-refractivity contribution in [2.45, 2.75) is 12.3 Å². The number of hydrogen-bond acceptors (Lipinski definition) is 1. The van der Waals surface area contributed by atoms with Gasteiger partial charge in [0.05, 0.1) is 0 Å². The minimum absolute atomic E-state index is 0.840. The fourth-order valence-corrected chi connectivity index (χ4v) is 1.98. The summed E-state index contributed by atoms with van der Waals surface area (Å²) in [4.78, 5) is 0. The van der Waals surface area contributed by atoms with Crippen LogP contribution >= 0.6 is 0 Å². The second-order valence-corrected chi connectivity index (χ2v) is 3.48. The Balaban J connectivity index is 2.14. The molecule has 55 valence electrons. The van der Waals surface area contributed by atoms with Crippen LogP contribution in [0, 0.1) is 12.0 Å². The van der Waals surface area contributed by atoms with E-state index in [9.17, 15) is 0 Å². The maximum Gasteiger partial charge on any atom is 0.0382 e. The van der Waals surface area contributed by atoms with Gasteiger partial charge in [0, 0.05) is 12.2 Å². The molecule has 1 aromatic rings. The molecular weight excluding hydrogens is 134 g/mol. The summed E-state index contributed by atoms with van der Waals surface area (Å²) in [6.07, 6.45) is 1.38. The van der Waals surface area contributed by atoms with Crippen LogP contribution in [0.4, 0.5) is 5.69 Å². The van der Waals surface area contributed by atoms with Gasteiger partial charge in [-0.25, -0.2) is 0 Å². The highest BCUT2D eigenvalue weighted by Crippen LogP contribution is 2.52. The first-order chi connectivity index (χ1) is 5.45. The maximum absolute atomic E-state index is 3.42. The van der Waals surface area contributed by atoms with Crippen LogP contribution in [0.3, 0.4) is 0 Å². The van der Waals surface area contributed by atoms with Crippen LogP contribution in [0.2, 0.25) is 0 Å². The number of fused-ring (bicyclic) bond motifs is 3. The smallest absolute Gasteiger partial charge is 0.0382 e. The quantitative estimate of drug-likeness (QED) is 0.587. The lowest BCUT2D eigenvalue weighted by molar-refractivity contribution is 0.816. The van der Waals surface area contributed by atoms with Gasteiger partial charge in [-0.15, -0.1) is 0 Å². The lowest BCUT2D eigenvalue weighted by Gasteiger charge is -2.15. The third kappa shape index (κ3) is 0.710. The SMILES string of the molecule is [c]1cccc2c1C1CC1CN2. The van der Waals surface area contributed by atoms with Crippen LogP contribution in [0.15, 0.2) is 18.2 Å². The summed E-state index contributed by atoms with van der Waals surface area (Å²) in [7, 11) is 0. The van der Waals surface area contributed by atoms with Gasteiger partial charge in [0.15, 0.2) is 0 Å². The first-order valence-electron chi connectivity index (χ1n) is 4.19. The molecule has 2 aliphatic rings. The molecule has 1 radical (unpaired) electrons. The van der Waals surface area contributed by atoms with Crippen LogP contribution < -0.4 is 5.32 Å². The van der Waals surface area contributed by atoms with E-state index in [1.165, 1.54) is 24.2 Å². The van der Waals surface area contributed by atoms with E-state index in [1.807, 2.05) is 6.07 Å². The van der Waals surface area contributed by atoms with Crippen molar-refractivity contribution >= 4 is 5.69 Å². The highest BCUT2D eigenvalue weighted by molar-refractivity contribution is 5.56. The van der Waals surface area contributed by atoms with Crippen molar-refractivity contribution in [1.82, 2.24) is 0 Å². The van der Waals surface area contributed by atoms with E-state index >= 15 is 0 Å². The third-order valence-corrected chi connectivity index (χ3v) is 2.74. The van der Waals surface area contributed by atoms with Gasteiger partial charge in [-0.3, -0.25) is 0 Å². The number of benzene rings is 1. The molecule has 0 bridgehead atoms. The summed E-state index contributed by atoms with van der Waals surface area (Å²) in [5.74, 6) is 1.76.